The van der Waals surface area contributed by atoms with Gasteiger partial charge in [0.05, 0.1) is 0 Å². The van der Waals surface area contributed by atoms with Gasteiger partial charge in [0.15, 0.2) is 0 Å². The molecule has 0 heterocycles. The smallest absolute Gasteiger partial charge is 0.126 e. The maximum Gasteiger partial charge on any atom is 0.126 e. The minimum Gasteiger partial charge on any atom is -0.316 e. The average molecular weight is 342 g/mol. The van der Waals surface area contributed by atoms with Crippen LogP contribution in [0.2, 0.25) is 0 Å². The molecule has 0 aromatic heterocycles. The van der Waals surface area contributed by atoms with Crippen LogP contribution in [0.3, 0.4) is 0 Å². The number of halogens is 2. The Bertz CT molecular complexity index is 435. The largest absolute Gasteiger partial charge is 0.316 e. The van der Waals surface area contributed by atoms with Crippen molar-refractivity contribution >= 4 is 15.9 Å². The molecule has 0 saturated heterocycles. The Labute approximate surface area is 130 Å². The fraction of sp³-hybridized carbons (Fsp3) is 0.647. The zero-order valence-electron chi connectivity index (χ0n) is 12.5. The summed E-state index contributed by atoms with van der Waals surface area (Å²) in [5.74, 6) is 1.45. The molecule has 2 rings (SSSR count). The monoisotopic (exact) mass is 341 g/mol. The zero-order valence-corrected chi connectivity index (χ0v) is 14.0. The fourth-order valence-corrected chi connectivity index (χ4v) is 3.92. The summed E-state index contributed by atoms with van der Waals surface area (Å²) in [6.07, 6.45) is 7.31. The van der Waals surface area contributed by atoms with Gasteiger partial charge in [-0.25, -0.2) is 4.39 Å². The summed E-state index contributed by atoms with van der Waals surface area (Å²) in [6.45, 7) is 2.29. The standard InChI is InChI=1S/C17H25BrFN/c1-3-12-5-4-6-13(9-12)17(20-2)11-14-10-15(18)7-8-16(14)19/h7-8,10,12-13,17,20H,3-6,9,11H2,1-2H3. The van der Waals surface area contributed by atoms with Crippen LogP contribution in [-0.4, -0.2) is 13.1 Å². The molecule has 20 heavy (non-hydrogen) atoms. The minimum absolute atomic E-state index is 0.0868. The van der Waals surface area contributed by atoms with Crippen molar-refractivity contribution in [3.8, 4) is 0 Å². The van der Waals surface area contributed by atoms with Crippen LogP contribution in [0.25, 0.3) is 0 Å². The quantitative estimate of drug-likeness (QED) is 0.800. The molecule has 0 amide bonds. The van der Waals surface area contributed by atoms with Gasteiger partial charge >= 0.3 is 0 Å². The molecule has 3 atom stereocenters. The maximum absolute atomic E-state index is 13.9. The van der Waals surface area contributed by atoms with Gasteiger partial charge in [0, 0.05) is 10.5 Å². The van der Waals surface area contributed by atoms with Gasteiger partial charge in [-0.1, -0.05) is 42.1 Å². The van der Waals surface area contributed by atoms with E-state index in [0.29, 0.717) is 12.0 Å². The van der Waals surface area contributed by atoms with Crippen LogP contribution in [0.1, 0.15) is 44.6 Å². The van der Waals surface area contributed by atoms with Gasteiger partial charge in [0.25, 0.3) is 0 Å². The molecule has 0 aliphatic heterocycles. The molecule has 1 N–H and O–H groups in total. The van der Waals surface area contributed by atoms with Crippen LogP contribution >= 0.6 is 15.9 Å². The van der Waals surface area contributed by atoms with Gasteiger partial charge in [-0.3, -0.25) is 0 Å². The first-order chi connectivity index (χ1) is 9.63. The molecular weight excluding hydrogens is 317 g/mol. The predicted molar refractivity (Wildman–Crippen MR) is 86.4 cm³/mol. The van der Waals surface area contributed by atoms with Gasteiger partial charge in [0.2, 0.25) is 0 Å². The fourth-order valence-electron chi connectivity index (χ4n) is 3.51. The van der Waals surface area contributed by atoms with E-state index in [1.807, 2.05) is 13.1 Å². The van der Waals surface area contributed by atoms with E-state index >= 15 is 0 Å². The topological polar surface area (TPSA) is 12.0 Å². The highest BCUT2D eigenvalue weighted by Crippen LogP contribution is 2.34. The third-order valence-electron chi connectivity index (χ3n) is 4.79. The number of rotatable bonds is 5. The number of hydrogen-bond donors (Lipinski definition) is 1. The van der Waals surface area contributed by atoms with E-state index in [1.165, 1.54) is 32.1 Å². The molecule has 1 aromatic rings. The Balaban J connectivity index is 2.06. The lowest BCUT2D eigenvalue weighted by atomic mass is 9.75. The maximum atomic E-state index is 13.9. The first-order valence-corrected chi connectivity index (χ1v) is 8.54. The summed E-state index contributed by atoms with van der Waals surface area (Å²) in [5.41, 5.74) is 0.817. The van der Waals surface area contributed by atoms with Gasteiger partial charge < -0.3 is 5.32 Å². The minimum atomic E-state index is -0.0868. The Kier molecular flexibility index (Phi) is 6.03. The molecule has 1 aliphatic rings. The lowest BCUT2D eigenvalue weighted by Gasteiger charge is -2.34. The van der Waals surface area contributed by atoms with Crippen LogP contribution < -0.4 is 5.32 Å². The second-order valence-electron chi connectivity index (χ2n) is 6.04. The summed E-state index contributed by atoms with van der Waals surface area (Å²) in [5, 5.41) is 3.43. The normalized spacial score (nSPS) is 24.6. The Hall–Kier alpha value is -0.410. The van der Waals surface area contributed by atoms with E-state index < -0.39 is 0 Å². The Morgan fingerprint density at radius 2 is 2.20 bits per heavy atom. The van der Waals surface area contributed by atoms with Crippen LogP contribution in [0, 0.1) is 17.7 Å². The lowest BCUT2D eigenvalue weighted by molar-refractivity contribution is 0.212. The summed E-state index contributed by atoms with van der Waals surface area (Å²) in [7, 11) is 2.01. The van der Waals surface area contributed by atoms with E-state index in [2.05, 4.69) is 28.2 Å². The molecular formula is C17H25BrFN. The Morgan fingerprint density at radius 1 is 1.40 bits per heavy atom. The molecule has 1 saturated carbocycles. The van der Waals surface area contributed by atoms with Gasteiger partial charge in [-0.15, -0.1) is 0 Å². The number of nitrogens with one attached hydrogen (secondary N) is 1. The molecule has 0 spiro atoms. The van der Waals surface area contributed by atoms with Crippen LogP contribution in [0.4, 0.5) is 4.39 Å². The van der Waals surface area contributed by atoms with E-state index in [1.54, 1.807) is 12.1 Å². The average Bonchev–Trinajstić information content (AvgIpc) is 2.48. The number of benzene rings is 1. The first-order valence-electron chi connectivity index (χ1n) is 7.75. The SMILES string of the molecule is CCC1CCCC(C(Cc2cc(Br)ccc2F)NC)C1. The summed E-state index contributed by atoms with van der Waals surface area (Å²) in [4.78, 5) is 0. The first kappa shape index (κ1) is 16.0. The molecule has 1 aromatic carbocycles. The second-order valence-corrected chi connectivity index (χ2v) is 6.95. The van der Waals surface area contributed by atoms with Gasteiger partial charge in [-0.05, 0) is 61.9 Å². The number of hydrogen-bond acceptors (Lipinski definition) is 1. The van der Waals surface area contributed by atoms with Crippen molar-refractivity contribution in [2.75, 3.05) is 7.05 Å². The van der Waals surface area contributed by atoms with Crippen molar-refractivity contribution in [2.45, 2.75) is 51.5 Å². The van der Waals surface area contributed by atoms with Gasteiger partial charge in [-0.2, -0.15) is 0 Å². The predicted octanol–water partition coefficient (Wildman–Crippen LogP) is 4.94. The van der Waals surface area contributed by atoms with Crippen molar-refractivity contribution in [1.29, 1.82) is 0 Å². The third-order valence-corrected chi connectivity index (χ3v) is 5.28. The summed E-state index contributed by atoms with van der Waals surface area (Å²) in [6, 6.07) is 5.62. The van der Waals surface area contributed by atoms with Crippen molar-refractivity contribution in [3.05, 3.63) is 34.1 Å². The van der Waals surface area contributed by atoms with Crippen LogP contribution in [0.15, 0.2) is 22.7 Å². The molecule has 112 valence electrons. The van der Waals surface area contributed by atoms with Crippen molar-refractivity contribution in [2.24, 2.45) is 11.8 Å². The molecule has 1 nitrogen and oxygen atoms in total. The second kappa shape index (κ2) is 7.56. The van der Waals surface area contributed by atoms with Crippen LogP contribution in [0.5, 0.6) is 0 Å². The molecule has 1 aliphatic carbocycles. The van der Waals surface area contributed by atoms with Gasteiger partial charge in [0.1, 0.15) is 5.82 Å². The molecule has 0 radical (unpaired) electrons. The van der Waals surface area contributed by atoms with E-state index in [0.717, 1.165) is 22.4 Å². The third kappa shape index (κ3) is 4.05. The molecule has 3 unspecified atom stereocenters. The molecule has 3 heteroatoms. The van der Waals surface area contributed by atoms with E-state index in [9.17, 15) is 4.39 Å². The highest BCUT2D eigenvalue weighted by molar-refractivity contribution is 9.10. The van der Waals surface area contributed by atoms with E-state index in [-0.39, 0.29) is 5.82 Å². The lowest BCUT2D eigenvalue weighted by Crippen LogP contribution is -2.38. The zero-order chi connectivity index (χ0) is 14.5. The summed E-state index contributed by atoms with van der Waals surface area (Å²) >= 11 is 3.44. The van der Waals surface area contributed by atoms with Crippen molar-refractivity contribution in [3.63, 3.8) is 0 Å². The Morgan fingerprint density at radius 3 is 2.90 bits per heavy atom. The number of likely N-dealkylation sites (N-methyl/N-ethyl adjacent to an activating group) is 1. The highest BCUT2D eigenvalue weighted by atomic mass is 79.9. The van der Waals surface area contributed by atoms with E-state index in [4.69, 9.17) is 0 Å². The summed E-state index contributed by atoms with van der Waals surface area (Å²) < 4.78 is 14.9. The molecule has 0 bridgehead atoms. The van der Waals surface area contributed by atoms with Crippen LogP contribution in [-0.2, 0) is 6.42 Å². The highest BCUT2D eigenvalue weighted by Gasteiger charge is 2.27. The van der Waals surface area contributed by atoms with Crippen molar-refractivity contribution < 1.29 is 4.39 Å². The molecule has 1 fully saturated rings. The van der Waals surface area contributed by atoms with Crippen molar-refractivity contribution in [1.82, 2.24) is 5.32 Å².